The molecule has 0 saturated heterocycles. The summed E-state index contributed by atoms with van der Waals surface area (Å²) in [5, 5.41) is 18.2. The number of rotatable bonds is 2. The molecule has 0 heterocycles. The molecule has 2 aromatic rings. The standard InChI is InChI=1S/C15H8Br2N2O/c1-9-5-12(16)15(13(17)6-9)20-14-4-2-3-10(7-18)11(14)8-19/h2-6H,1H3. The third-order valence-corrected chi connectivity index (χ3v) is 3.79. The lowest BCUT2D eigenvalue weighted by molar-refractivity contribution is 0.474. The van der Waals surface area contributed by atoms with Crippen LogP contribution in [0.25, 0.3) is 0 Å². The molecule has 0 aliphatic carbocycles. The van der Waals surface area contributed by atoms with Crippen LogP contribution >= 0.6 is 31.9 Å². The molecule has 0 spiro atoms. The minimum atomic E-state index is 0.231. The molecule has 0 aliphatic rings. The van der Waals surface area contributed by atoms with Crippen molar-refractivity contribution >= 4 is 31.9 Å². The highest BCUT2D eigenvalue weighted by atomic mass is 79.9. The fraction of sp³-hybridized carbons (Fsp3) is 0.0667. The highest BCUT2D eigenvalue weighted by Gasteiger charge is 2.14. The van der Waals surface area contributed by atoms with E-state index in [1.165, 1.54) is 0 Å². The zero-order valence-electron chi connectivity index (χ0n) is 10.4. The molecular weight excluding hydrogens is 384 g/mol. The van der Waals surface area contributed by atoms with Gasteiger partial charge in [-0.2, -0.15) is 10.5 Å². The largest absolute Gasteiger partial charge is 0.454 e. The number of benzene rings is 2. The summed E-state index contributed by atoms with van der Waals surface area (Å²) in [6, 6.07) is 12.8. The van der Waals surface area contributed by atoms with Crippen molar-refractivity contribution in [1.82, 2.24) is 0 Å². The van der Waals surface area contributed by atoms with Crippen molar-refractivity contribution in [2.24, 2.45) is 0 Å². The molecule has 0 aromatic heterocycles. The van der Waals surface area contributed by atoms with E-state index in [4.69, 9.17) is 10.00 Å². The van der Waals surface area contributed by atoms with Gasteiger partial charge in [0.05, 0.1) is 14.5 Å². The molecule has 0 amide bonds. The minimum Gasteiger partial charge on any atom is -0.454 e. The number of halogens is 2. The Balaban J connectivity index is 2.52. The van der Waals surface area contributed by atoms with Crippen molar-refractivity contribution in [3.63, 3.8) is 0 Å². The summed E-state index contributed by atoms with van der Waals surface area (Å²) in [5.74, 6) is 0.930. The van der Waals surface area contributed by atoms with E-state index in [1.54, 1.807) is 18.2 Å². The molecule has 0 saturated carbocycles. The van der Waals surface area contributed by atoms with Crippen LogP contribution in [0, 0.1) is 29.6 Å². The summed E-state index contributed by atoms with van der Waals surface area (Å²) >= 11 is 6.87. The van der Waals surface area contributed by atoms with E-state index in [-0.39, 0.29) is 5.56 Å². The zero-order chi connectivity index (χ0) is 14.7. The molecule has 0 atom stereocenters. The maximum absolute atomic E-state index is 9.19. The summed E-state index contributed by atoms with van der Waals surface area (Å²) in [6.45, 7) is 1.97. The van der Waals surface area contributed by atoms with Crippen LogP contribution in [0.4, 0.5) is 0 Å². The monoisotopic (exact) mass is 390 g/mol. The number of hydrogen-bond donors (Lipinski definition) is 0. The number of aryl methyl sites for hydroxylation is 1. The van der Waals surface area contributed by atoms with Crippen LogP contribution in [0.15, 0.2) is 39.3 Å². The SMILES string of the molecule is Cc1cc(Br)c(Oc2cccc(C#N)c2C#N)c(Br)c1. The third kappa shape index (κ3) is 2.85. The van der Waals surface area contributed by atoms with E-state index >= 15 is 0 Å². The van der Waals surface area contributed by atoms with Gasteiger partial charge in [0.1, 0.15) is 23.5 Å². The van der Waals surface area contributed by atoms with Crippen LogP contribution in [0.1, 0.15) is 16.7 Å². The third-order valence-electron chi connectivity index (χ3n) is 2.61. The maximum atomic E-state index is 9.19. The van der Waals surface area contributed by atoms with Crippen LogP contribution in [-0.4, -0.2) is 0 Å². The van der Waals surface area contributed by atoms with Gasteiger partial charge < -0.3 is 4.74 Å². The second-order valence-corrected chi connectivity index (χ2v) is 5.77. The van der Waals surface area contributed by atoms with Gasteiger partial charge in [-0.25, -0.2) is 0 Å². The smallest absolute Gasteiger partial charge is 0.155 e. The minimum absolute atomic E-state index is 0.231. The molecule has 5 heteroatoms. The first-order valence-electron chi connectivity index (χ1n) is 5.63. The van der Waals surface area contributed by atoms with Crippen molar-refractivity contribution in [2.45, 2.75) is 6.92 Å². The predicted molar refractivity (Wildman–Crippen MR) is 82.5 cm³/mol. The predicted octanol–water partition coefficient (Wildman–Crippen LogP) is 5.06. The Bertz CT molecular complexity index is 734. The topological polar surface area (TPSA) is 56.8 Å². The van der Waals surface area contributed by atoms with Crippen molar-refractivity contribution in [3.8, 4) is 23.6 Å². The molecule has 0 radical (unpaired) electrons. The molecular formula is C15H8Br2N2O. The Morgan fingerprint density at radius 2 is 1.70 bits per heavy atom. The molecule has 3 nitrogen and oxygen atoms in total. The highest BCUT2D eigenvalue weighted by molar-refractivity contribution is 9.11. The van der Waals surface area contributed by atoms with Gasteiger partial charge in [-0.05, 0) is 68.6 Å². The van der Waals surface area contributed by atoms with Crippen LogP contribution in [0.5, 0.6) is 11.5 Å². The molecule has 0 bridgehead atoms. The van der Waals surface area contributed by atoms with Crippen LogP contribution in [0.3, 0.4) is 0 Å². The Kier molecular flexibility index (Phi) is 4.44. The summed E-state index contributed by atoms with van der Waals surface area (Å²) in [7, 11) is 0. The summed E-state index contributed by atoms with van der Waals surface area (Å²) in [5.41, 5.74) is 1.60. The highest BCUT2D eigenvalue weighted by Crippen LogP contribution is 2.38. The van der Waals surface area contributed by atoms with Gasteiger partial charge in [-0.15, -0.1) is 0 Å². The van der Waals surface area contributed by atoms with E-state index in [2.05, 4.69) is 31.9 Å². The Morgan fingerprint density at radius 3 is 2.25 bits per heavy atom. The number of nitrogens with zero attached hydrogens (tertiary/aromatic N) is 2. The fourth-order valence-corrected chi connectivity index (χ4v) is 3.30. The van der Waals surface area contributed by atoms with Crippen LogP contribution in [-0.2, 0) is 0 Å². The molecule has 0 N–H and O–H groups in total. The van der Waals surface area contributed by atoms with E-state index in [0.717, 1.165) is 14.5 Å². The van der Waals surface area contributed by atoms with Crippen LogP contribution < -0.4 is 4.74 Å². The van der Waals surface area contributed by atoms with Gasteiger partial charge in [-0.3, -0.25) is 0 Å². The summed E-state index contributed by atoms with van der Waals surface area (Å²) < 4.78 is 7.34. The average molecular weight is 392 g/mol. The lowest BCUT2D eigenvalue weighted by Gasteiger charge is -2.12. The van der Waals surface area contributed by atoms with Crippen molar-refractivity contribution in [1.29, 1.82) is 10.5 Å². The Hall–Kier alpha value is -1.82. The lowest BCUT2D eigenvalue weighted by atomic mass is 10.1. The normalized spacial score (nSPS) is 9.65. The van der Waals surface area contributed by atoms with Gasteiger partial charge in [0, 0.05) is 0 Å². The average Bonchev–Trinajstić information content (AvgIpc) is 2.42. The molecule has 0 unspecified atom stereocenters. The summed E-state index contributed by atoms with van der Waals surface area (Å²) in [6.07, 6.45) is 0. The van der Waals surface area contributed by atoms with E-state index < -0.39 is 0 Å². The number of hydrogen-bond acceptors (Lipinski definition) is 3. The van der Waals surface area contributed by atoms with E-state index in [1.807, 2.05) is 31.2 Å². The molecule has 98 valence electrons. The molecule has 2 rings (SSSR count). The quantitative estimate of drug-likeness (QED) is 0.719. The van der Waals surface area contributed by atoms with Gasteiger partial charge in [-0.1, -0.05) is 6.07 Å². The first-order valence-corrected chi connectivity index (χ1v) is 7.22. The molecule has 0 aliphatic heterocycles. The Morgan fingerprint density at radius 1 is 1.05 bits per heavy atom. The van der Waals surface area contributed by atoms with Crippen LogP contribution in [0.2, 0.25) is 0 Å². The van der Waals surface area contributed by atoms with E-state index in [9.17, 15) is 5.26 Å². The van der Waals surface area contributed by atoms with E-state index in [0.29, 0.717) is 17.1 Å². The van der Waals surface area contributed by atoms with Crippen molar-refractivity contribution < 1.29 is 4.74 Å². The summed E-state index contributed by atoms with van der Waals surface area (Å²) in [4.78, 5) is 0. The van der Waals surface area contributed by atoms with Crippen molar-refractivity contribution in [2.75, 3.05) is 0 Å². The first kappa shape index (κ1) is 14.6. The molecule has 0 fully saturated rings. The Labute approximate surface area is 133 Å². The van der Waals surface area contributed by atoms with Gasteiger partial charge in [0.15, 0.2) is 5.75 Å². The second-order valence-electron chi connectivity index (χ2n) is 4.06. The van der Waals surface area contributed by atoms with Gasteiger partial charge in [0.25, 0.3) is 0 Å². The molecule has 2 aromatic carbocycles. The van der Waals surface area contributed by atoms with Gasteiger partial charge in [0.2, 0.25) is 0 Å². The lowest BCUT2D eigenvalue weighted by Crippen LogP contribution is -1.93. The fourth-order valence-electron chi connectivity index (χ4n) is 1.72. The molecule has 20 heavy (non-hydrogen) atoms. The number of nitriles is 2. The number of ether oxygens (including phenoxy) is 1. The zero-order valence-corrected chi connectivity index (χ0v) is 13.6. The second kappa shape index (κ2) is 6.09. The maximum Gasteiger partial charge on any atom is 0.155 e. The van der Waals surface area contributed by atoms with Crippen molar-refractivity contribution in [3.05, 3.63) is 56.0 Å². The van der Waals surface area contributed by atoms with Gasteiger partial charge >= 0.3 is 0 Å². The first-order chi connectivity index (χ1) is 9.56.